The van der Waals surface area contributed by atoms with Crippen molar-refractivity contribution in [1.29, 1.82) is 0 Å². The lowest BCUT2D eigenvalue weighted by Crippen LogP contribution is -2.54. The number of carbonyl (C=O) groups is 1. The molecule has 0 saturated heterocycles. The number of alkyl halides is 6. The lowest BCUT2D eigenvalue weighted by molar-refractivity contribution is -0.288. The van der Waals surface area contributed by atoms with Gasteiger partial charge in [0.05, 0.1) is 9.79 Å². The molecule has 10 heteroatoms. The second kappa shape index (κ2) is 45.1. The van der Waals surface area contributed by atoms with Crippen molar-refractivity contribution in [1.82, 2.24) is 0 Å². The fourth-order valence-electron chi connectivity index (χ4n) is 14.9. The van der Waals surface area contributed by atoms with Crippen molar-refractivity contribution < 1.29 is 39.6 Å². The zero-order chi connectivity index (χ0) is 95.0. The summed E-state index contributed by atoms with van der Waals surface area (Å²) in [7, 11) is -3.37. The Morgan fingerprint density at radius 2 is 0.359 bits per heavy atom. The van der Waals surface area contributed by atoms with Crippen LogP contribution in [0.5, 0.6) is 0 Å². The number of rotatable bonds is 11. The van der Waals surface area contributed by atoms with Crippen molar-refractivity contribution >= 4 is 37.2 Å². The lowest BCUT2D eigenvalue weighted by Gasteiger charge is -2.38. The molecule has 0 N–H and O–H groups in total. The maximum Gasteiger partial charge on any atom is 0.411 e. The average molecular weight is 1770 g/mol. The predicted molar refractivity (Wildman–Crippen MR) is 538 cm³/mol. The predicted octanol–water partition coefficient (Wildman–Crippen LogP) is 33.5. The second-order valence-corrected chi connectivity index (χ2v) is 36.5. The SMILES string of the molecule is Cc1c2ccccc2c(C)c2ccccc12.Cc1ccc(-c2ccc(-c3ccc(C)cc3)cc2)cc1.Cc1ccc(-c2ccc(C)cc2)cc1.Cc1ccc(C(=O)c2ccc(C)cc2)cc1.Cc1ccc(C(C)(C)c2ccc(C)cc2)cc1.Cc1ccc(C(c2ccc(C)cc2)(C(F)(F)F)C(F)(F)F)cc1.Cc1ccc(C)cc1.Cc1ccc(S(=O)(=O)c2ccc(C)cc2)cc1. The van der Waals surface area contributed by atoms with Gasteiger partial charge in [-0.3, -0.25) is 4.79 Å². The van der Waals surface area contributed by atoms with Crippen LogP contribution in [0, 0.1) is 111 Å². The van der Waals surface area contributed by atoms with Gasteiger partial charge in [-0.2, -0.15) is 26.3 Å². The summed E-state index contributed by atoms with van der Waals surface area (Å²) in [5.74, 6) is 0.0833. The molecule has 0 amide bonds. The summed E-state index contributed by atoms with van der Waals surface area (Å²) in [6.07, 6.45) is -11.1. The lowest BCUT2D eigenvalue weighted by atomic mass is 9.72. The van der Waals surface area contributed by atoms with Crippen LogP contribution in [0.15, 0.2) is 398 Å². The number of carbonyl (C=O) groups excluding carboxylic acids is 1. The van der Waals surface area contributed by atoms with Gasteiger partial charge < -0.3 is 0 Å². The zero-order valence-corrected chi connectivity index (χ0v) is 79.2. The summed E-state index contributed by atoms with van der Waals surface area (Å²) in [5.41, 5.74) is 25.1. The minimum absolute atomic E-state index is 0.0708. The van der Waals surface area contributed by atoms with Crippen LogP contribution in [0.25, 0.3) is 54.9 Å². The Morgan fingerprint density at radius 1 is 0.206 bits per heavy atom. The third-order valence-corrected chi connectivity index (χ3v) is 25.2. The van der Waals surface area contributed by atoms with Crippen LogP contribution in [-0.2, 0) is 20.7 Å². The number of fused-ring (bicyclic) bond motifs is 2. The Balaban J connectivity index is 0.000000157. The van der Waals surface area contributed by atoms with Gasteiger partial charge in [0.15, 0.2) is 5.78 Å². The van der Waals surface area contributed by atoms with Crippen LogP contribution >= 0.6 is 0 Å². The molecule has 0 radical (unpaired) electrons. The maximum atomic E-state index is 13.7. The molecule has 17 aromatic carbocycles. The fourth-order valence-corrected chi connectivity index (χ4v) is 16.1. The molecule has 0 heterocycles. The largest absolute Gasteiger partial charge is 0.411 e. The third kappa shape index (κ3) is 26.8. The Hall–Kier alpha value is -13.5. The van der Waals surface area contributed by atoms with Crippen LogP contribution in [-0.4, -0.2) is 26.6 Å². The molecule has 0 spiro atoms. The van der Waals surface area contributed by atoms with E-state index in [0.29, 0.717) is 20.9 Å². The smallest absolute Gasteiger partial charge is 0.289 e. The number of benzene rings is 17. The van der Waals surface area contributed by atoms with Gasteiger partial charge in [0.25, 0.3) is 0 Å². The van der Waals surface area contributed by atoms with Crippen molar-refractivity contribution in [2.24, 2.45) is 0 Å². The molecule has 131 heavy (non-hydrogen) atoms. The topological polar surface area (TPSA) is 51.2 Å². The number of hydrogen-bond donors (Lipinski definition) is 0. The normalized spacial score (nSPS) is 11.1. The first kappa shape index (κ1) is 99.6. The molecule has 668 valence electrons. The number of hydrogen-bond acceptors (Lipinski definition) is 3. The highest BCUT2D eigenvalue weighted by Crippen LogP contribution is 2.56. The molecule has 0 saturated carbocycles. The molecular formula is C121H118F6O3S. The van der Waals surface area contributed by atoms with Crippen LogP contribution < -0.4 is 0 Å². The molecule has 0 atom stereocenters. The maximum absolute atomic E-state index is 13.7. The highest BCUT2D eigenvalue weighted by molar-refractivity contribution is 7.91. The van der Waals surface area contributed by atoms with E-state index in [9.17, 15) is 39.6 Å². The van der Waals surface area contributed by atoms with Crippen molar-refractivity contribution in [2.75, 3.05) is 0 Å². The van der Waals surface area contributed by atoms with E-state index in [1.807, 2.05) is 76.2 Å². The van der Waals surface area contributed by atoms with Gasteiger partial charge in [-0.25, -0.2) is 8.42 Å². The van der Waals surface area contributed by atoms with Crippen molar-refractivity contribution in [3.8, 4) is 33.4 Å². The first-order chi connectivity index (χ1) is 62.2. The van der Waals surface area contributed by atoms with Gasteiger partial charge in [0.1, 0.15) is 0 Å². The molecule has 0 aliphatic carbocycles. The minimum atomic E-state index is -5.53. The van der Waals surface area contributed by atoms with Crippen LogP contribution in [0.4, 0.5) is 26.3 Å². The summed E-state index contributed by atoms with van der Waals surface area (Å²) >= 11 is 0. The molecule has 0 aliphatic heterocycles. The molecule has 3 nitrogen and oxygen atoms in total. The van der Waals surface area contributed by atoms with Gasteiger partial charge >= 0.3 is 12.4 Å². The Morgan fingerprint density at radius 3 is 0.550 bits per heavy atom. The minimum Gasteiger partial charge on any atom is -0.289 e. The van der Waals surface area contributed by atoms with E-state index < -0.39 is 38.7 Å². The molecule has 17 rings (SSSR count). The Kier molecular flexibility index (Phi) is 34.3. The van der Waals surface area contributed by atoms with E-state index >= 15 is 0 Å². The van der Waals surface area contributed by atoms with E-state index in [1.54, 1.807) is 62.4 Å². The van der Waals surface area contributed by atoms with Gasteiger partial charge in [-0.05, 0) is 223 Å². The van der Waals surface area contributed by atoms with Crippen LogP contribution in [0.2, 0.25) is 0 Å². The standard InChI is InChI=1S/C20H18.C17H14F6.C17H20.C16H14.C15H14O.C14H14O2S.C14H14.C8H10/c1-15-3-7-17(8-4-15)19-11-13-20(14-12-19)18-9-5-16(2)6-10-18;1-11-3-7-13(8-4-11)15(16(18,19)20,17(21,22)23)14-9-5-12(2)6-10-14;1-13-5-9-15(10-6-13)17(3,4)16-11-7-14(2)8-12-16;1-11-13-7-3-5-9-15(13)12(2)16-10-6-4-8-14(11)16;1-11-3-7-13(8-4-11)15(16)14-9-5-12(2)6-10-14;1-11-3-7-13(8-4-11)17(15,16)14-9-5-12(2)6-10-14;1-11-3-7-13(8-4-11)14-9-5-12(2)6-10-14;1-7-3-5-8(2)6-4-7/h3-14H,1-2H3;3-10H,1-2H3;5-12H,1-4H3;2*3-10H,1-2H3;3-10H,1-2H3;3-10H,1-2H3;3-6H,1-2H3. The molecule has 0 aromatic heterocycles. The molecule has 0 bridgehead atoms. The number of halogens is 6. The fraction of sp³-hybridized carbons (Fsp3) is 0.182. The molecule has 17 aromatic rings. The van der Waals surface area contributed by atoms with Crippen LogP contribution in [0.1, 0.15) is 141 Å². The van der Waals surface area contributed by atoms with Crippen molar-refractivity contribution in [2.45, 2.75) is 158 Å². The average Bonchev–Trinajstić information content (AvgIpc) is 0.716. The number of aryl methyl sites for hydroxylation is 16. The van der Waals surface area contributed by atoms with E-state index in [4.69, 9.17) is 0 Å². The van der Waals surface area contributed by atoms with Crippen molar-refractivity contribution in [3.63, 3.8) is 0 Å². The first-order valence-electron chi connectivity index (χ1n) is 44.0. The molecular weight excluding hydrogens is 1650 g/mol. The zero-order valence-electron chi connectivity index (χ0n) is 78.4. The summed E-state index contributed by atoms with van der Waals surface area (Å²) in [6.45, 7) is 37.0. The van der Waals surface area contributed by atoms with E-state index in [-0.39, 0.29) is 11.2 Å². The highest BCUT2D eigenvalue weighted by atomic mass is 32.2. The van der Waals surface area contributed by atoms with Crippen molar-refractivity contribution in [3.05, 3.63) is 511 Å². The van der Waals surface area contributed by atoms with Gasteiger partial charge in [0.2, 0.25) is 15.3 Å². The van der Waals surface area contributed by atoms with E-state index in [0.717, 1.165) is 46.5 Å². The number of ketones is 1. The van der Waals surface area contributed by atoms with E-state index in [1.165, 1.54) is 157 Å². The number of sulfone groups is 1. The van der Waals surface area contributed by atoms with E-state index in [2.05, 4.69) is 326 Å². The summed E-state index contributed by atoms with van der Waals surface area (Å²) in [5, 5.41) is 5.50. The van der Waals surface area contributed by atoms with Gasteiger partial charge in [0, 0.05) is 16.5 Å². The second-order valence-electron chi connectivity index (χ2n) is 34.6. The summed E-state index contributed by atoms with van der Waals surface area (Å²) in [4.78, 5) is 12.7. The molecule has 0 fully saturated rings. The quantitative estimate of drug-likeness (QED) is 0.0737. The summed E-state index contributed by atoms with van der Waals surface area (Å²) < 4.78 is 107. The van der Waals surface area contributed by atoms with Crippen LogP contribution in [0.3, 0.4) is 0 Å². The van der Waals surface area contributed by atoms with Gasteiger partial charge in [-0.1, -0.05) is 456 Å². The Labute approximate surface area is 773 Å². The van der Waals surface area contributed by atoms with Gasteiger partial charge in [-0.15, -0.1) is 0 Å². The first-order valence-corrected chi connectivity index (χ1v) is 45.5. The molecule has 0 unspecified atom stereocenters. The summed E-state index contributed by atoms with van der Waals surface area (Å²) in [6, 6.07) is 124. The highest BCUT2D eigenvalue weighted by Gasteiger charge is 2.72. The monoisotopic (exact) mass is 1760 g/mol. The molecule has 0 aliphatic rings. The Bertz CT molecular complexity index is 6170. The third-order valence-electron chi connectivity index (χ3n) is 23.4.